The summed E-state index contributed by atoms with van der Waals surface area (Å²) in [4.78, 5) is 0. The third kappa shape index (κ3) is 2.25. The largest absolute Gasteiger partial charge is 0.313 e. The third-order valence-electron chi connectivity index (χ3n) is 4.00. The summed E-state index contributed by atoms with van der Waals surface area (Å²) in [6, 6.07) is 0.835. The zero-order chi connectivity index (χ0) is 9.26. The molecule has 1 heterocycles. The Hall–Kier alpha value is -0.0400. The summed E-state index contributed by atoms with van der Waals surface area (Å²) in [5.41, 5.74) is 0. The van der Waals surface area contributed by atoms with E-state index in [2.05, 4.69) is 19.2 Å². The zero-order valence-corrected chi connectivity index (χ0v) is 9.05. The van der Waals surface area contributed by atoms with E-state index in [9.17, 15) is 0 Å². The van der Waals surface area contributed by atoms with Gasteiger partial charge in [-0.25, -0.2) is 0 Å². The van der Waals surface area contributed by atoms with Crippen molar-refractivity contribution in [1.29, 1.82) is 0 Å². The highest BCUT2D eigenvalue weighted by molar-refractivity contribution is 4.85. The molecule has 0 aromatic carbocycles. The van der Waals surface area contributed by atoms with Crippen LogP contribution in [0.5, 0.6) is 0 Å². The number of hydrogen-bond acceptors (Lipinski definition) is 1. The van der Waals surface area contributed by atoms with Crippen molar-refractivity contribution in [2.75, 3.05) is 6.54 Å². The van der Waals surface area contributed by atoms with Crippen LogP contribution in [0.4, 0.5) is 0 Å². The summed E-state index contributed by atoms with van der Waals surface area (Å²) in [5, 5.41) is 3.72. The molecule has 0 radical (unpaired) electrons. The van der Waals surface area contributed by atoms with E-state index in [1.54, 1.807) is 0 Å². The minimum atomic E-state index is 0.835. The van der Waals surface area contributed by atoms with Crippen molar-refractivity contribution in [3.05, 3.63) is 0 Å². The van der Waals surface area contributed by atoms with Crippen LogP contribution in [-0.4, -0.2) is 12.6 Å². The molecule has 1 nitrogen and oxygen atoms in total. The van der Waals surface area contributed by atoms with Crippen LogP contribution in [0.1, 0.15) is 46.0 Å². The van der Waals surface area contributed by atoms with E-state index in [4.69, 9.17) is 0 Å². The number of rotatable bonds is 2. The number of hydrogen-bond donors (Lipinski definition) is 1. The third-order valence-corrected chi connectivity index (χ3v) is 4.00. The lowest BCUT2D eigenvalue weighted by atomic mass is 9.76. The van der Waals surface area contributed by atoms with Crippen molar-refractivity contribution < 1.29 is 0 Å². The van der Waals surface area contributed by atoms with Gasteiger partial charge in [0.1, 0.15) is 0 Å². The van der Waals surface area contributed by atoms with Crippen LogP contribution in [0.25, 0.3) is 0 Å². The lowest BCUT2D eigenvalue weighted by Gasteiger charge is -2.38. The van der Waals surface area contributed by atoms with Gasteiger partial charge in [0.2, 0.25) is 0 Å². The zero-order valence-electron chi connectivity index (χ0n) is 9.05. The molecular weight excluding hydrogens is 158 g/mol. The monoisotopic (exact) mass is 181 g/mol. The molecule has 1 N–H and O–H groups in total. The maximum atomic E-state index is 3.72. The van der Waals surface area contributed by atoms with Crippen molar-refractivity contribution in [2.45, 2.75) is 52.0 Å². The maximum Gasteiger partial charge on any atom is 0.00955 e. The standard InChI is InChI=1S/C12H23N/c1-9-6-10(2)12(13-8-9)7-11-4-3-5-11/h9-13H,3-8H2,1-2H3. The second-order valence-corrected chi connectivity index (χ2v) is 5.37. The van der Waals surface area contributed by atoms with Gasteiger partial charge in [-0.1, -0.05) is 33.1 Å². The normalized spacial score (nSPS) is 41.5. The van der Waals surface area contributed by atoms with Gasteiger partial charge < -0.3 is 5.32 Å². The van der Waals surface area contributed by atoms with Gasteiger partial charge in [0.25, 0.3) is 0 Å². The van der Waals surface area contributed by atoms with Crippen LogP contribution in [0.15, 0.2) is 0 Å². The molecule has 0 aromatic heterocycles. The summed E-state index contributed by atoms with van der Waals surface area (Å²) < 4.78 is 0. The fraction of sp³-hybridized carbons (Fsp3) is 1.00. The van der Waals surface area contributed by atoms with Gasteiger partial charge in [0, 0.05) is 6.04 Å². The molecule has 0 bridgehead atoms. The highest BCUT2D eigenvalue weighted by Crippen LogP contribution is 2.34. The first-order chi connectivity index (χ1) is 6.25. The fourth-order valence-electron chi connectivity index (χ4n) is 2.84. The van der Waals surface area contributed by atoms with Crippen LogP contribution >= 0.6 is 0 Å². The molecule has 1 heteroatoms. The molecule has 2 aliphatic rings. The molecule has 3 unspecified atom stereocenters. The number of piperidine rings is 1. The molecule has 13 heavy (non-hydrogen) atoms. The van der Waals surface area contributed by atoms with E-state index in [1.165, 1.54) is 38.6 Å². The summed E-state index contributed by atoms with van der Waals surface area (Å²) in [6.07, 6.45) is 7.38. The predicted octanol–water partition coefficient (Wildman–Crippen LogP) is 2.81. The average molecular weight is 181 g/mol. The van der Waals surface area contributed by atoms with Crippen LogP contribution < -0.4 is 5.32 Å². The Bertz CT molecular complexity index is 163. The Kier molecular flexibility index (Phi) is 2.92. The van der Waals surface area contributed by atoms with Crippen LogP contribution in [0.2, 0.25) is 0 Å². The molecule has 2 rings (SSSR count). The maximum absolute atomic E-state index is 3.72. The summed E-state index contributed by atoms with van der Waals surface area (Å²) in [5.74, 6) is 2.87. The number of nitrogens with one attached hydrogen (secondary N) is 1. The molecule has 3 atom stereocenters. The minimum absolute atomic E-state index is 0.835. The Labute approximate surface area is 82.3 Å². The fourth-order valence-corrected chi connectivity index (χ4v) is 2.84. The summed E-state index contributed by atoms with van der Waals surface area (Å²) in [7, 11) is 0. The second kappa shape index (κ2) is 4.00. The lowest BCUT2D eigenvalue weighted by Crippen LogP contribution is -2.45. The van der Waals surface area contributed by atoms with Crippen LogP contribution in [0, 0.1) is 17.8 Å². The SMILES string of the molecule is CC1CNC(CC2CCC2)C(C)C1. The van der Waals surface area contributed by atoms with Crippen molar-refractivity contribution >= 4 is 0 Å². The van der Waals surface area contributed by atoms with Gasteiger partial charge in [-0.15, -0.1) is 0 Å². The van der Waals surface area contributed by atoms with E-state index in [0.29, 0.717) is 0 Å². The summed E-state index contributed by atoms with van der Waals surface area (Å²) >= 11 is 0. The van der Waals surface area contributed by atoms with Gasteiger partial charge in [-0.05, 0) is 37.1 Å². The minimum Gasteiger partial charge on any atom is -0.313 e. The molecule has 1 saturated heterocycles. The van der Waals surface area contributed by atoms with Crippen LogP contribution in [-0.2, 0) is 0 Å². The highest BCUT2D eigenvalue weighted by Gasteiger charge is 2.28. The molecule has 0 aromatic rings. The Morgan fingerprint density at radius 3 is 2.54 bits per heavy atom. The quantitative estimate of drug-likeness (QED) is 0.690. The Morgan fingerprint density at radius 1 is 1.23 bits per heavy atom. The highest BCUT2D eigenvalue weighted by atomic mass is 14.9. The predicted molar refractivity (Wildman–Crippen MR) is 56.7 cm³/mol. The molecule has 76 valence electrons. The van der Waals surface area contributed by atoms with Crippen molar-refractivity contribution in [1.82, 2.24) is 5.32 Å². The molecule has 0 amide bonds. The topological polar surface area (TPSA) is 12.0 Å². The Morgan fingerprint density at radius 2 is 2.00 bits per heavy atom. The molecule has 1 saturated carbocycles. The van der Waals surface area contributed by atoms with E-state index < -0.39 is 0 Å². The van der Waals surface area contributed by atoms with Gasteiger partial charge in [-0.2, -0.15) is 0 Å². The van der Waals surface area contributed by atoms with Gasteiger partial charge in [0.05, 0.1) is 0 Å². The second-order valence-electron chi connectivity index (χ2n) is 5.37. The average Bonchev–Trinajstić information content (AvgIpc) is 1.99. The molecule has 1 aliphatic carbocycles. The van der Waals surface area contributed by atoms with E-state index in [1.807, 2.05) is 0 Å². The molecular formula is C12H23N. The lowest BCUT2D eigenvalue weighted by molar-refractivity contribution is 0.178. The van der Waals surface area contributed by atoms with Crippen molar-refractivity contribution in [3.63, 3.8) is 0 Å². The summed E-state index contributed by atoms with van der Waals surface area (Å²) in [6.45, 7) is 6.04. The molecule has 0 spiro atoms. The van der Waals surface area contributed by atoms with E-state index in [-0.39, 0.29) is 0 Å². The Balaban J connectivity index is 1.77. The first-order valence-corrected chi connectivity index (χ1v) is 5.99. The molecule has 1 aliphatic heterocycles. The van der Waals surface area contributed by atoms with E-state index in [0.717, 1.165) is 23.8 Å². The smallest absolute Gasteiger partial charge is 0.00955 e. The van der Waals surface area contributed by atoms with Gasteiger partial charge in [0.15, 0.2) is 0 Å². The van der Waals surface area contributed by atoms with Gasteiger partial charge >= 0.3 is 0 Å². The van der Waals surface area contributed by atoms with Crippen LogP contribution in [0.3, 0.4) is 0 Å². The first kappa shape index (κ1) is 9.51. The molecule has 2 fully saturated rings. The van der Waals surface area contributed by atoms with Gasteiger partial charge in [-0.3, -0.25) is 0 Å². The van der Waals surface area contributed by atoms with Crippen molar-refractivity contribution in [3.8, 4) is 0 Å². The first-order valence-electron chi connectivity index (χ1n) is 5.99. The van der Waals surface area contributed by atoms with Crippen molar-refractivity contribution in [2.24, 2.45) is 17.8 Å². The van der Waals surface area contributed by atoms with E-state index >= 15 is 0 Å².